The molecular formula is C14H19BrN4O. The molecule has 0 saturated heterocycles. The van der Waals surface area contributed by atoms with Crippen LogP contribution in [0.5, 0.6) is 5.75 Å². The number of aromatic nitrogens is 2. The van der Waals surface area contributed by atoms with E-state index in [0.29, 0.717) is 6.61 Å². The van der Waals surface area contributed by atoms with Crippen LogP contribution < -0.4 is 16.0 Å². The van der Waals surface area contributed by atoms with E-state index in [2.05, 4.69) is 26.5 Å². The SMILES string of the molecule is Cc1nn(C)c(CC(COc2ccccc2)NN)c1Br. The molecule has 0 aliphatic heterocycles. The molecule has 0 radical (unpaired) electrons. The Morgan fingerprint density at radius 2 is 2.10 bits per heavy atom. The van der Waals surface area contributed by atoms with Gasteiger partial charge in [0.05, 0.1) is 21.9 Å². The molecule has 0 spiro atoms. The summed E-state index contributed by atoms with van der Waals surface area (Å²) in [5.74, 6) is 6.46. The number of aryl methyl sites for hydroxylation is 2. The highest BCUT2D eigenvalue weighted by Gasteiger charge is 2.16. The van der Waals surface area contributed by atoms with Gasteiger partial charge in [0, 0.05) is 13.5 Å². The number of nitrogens with zero attached hydrogens (tertiary/aromatic N) is 2. The van der Waals surface area contributed by atoms with Crippen molar-refractivity contribution in [3.63, 3.8) is 0 Å². The van der Waals surface area contributed by atoms with E-state index in [1.807, 2.05) is 49.0 Å². The lowest BCUT2D eigenvalue weighted by Crippen LogP contribution is -2.41. The molecule has 0 aliphatic rings. The highest BCUT2D eigenvalue weighted by atomic mass is 79.9. The van der Waals surface area contributed by atoms with Crippen LogP contribution in [0.1, 0.15) is 11.4 Å². The van der Waals surface area contributed by atoms with Gasteiger partial charge in [-0.3, -0.25) is 16.0 Å². The zero-order chi connectivity index (χ0) is 14.5. The fourth-order valence-electron chi connectivity index (χ4n) is 2.01. The van der Waals surface area contributed by atoms with Crippen LogP contribution in [-0.4, -0.2) is 22.4 Å². The van der Waals surface area contributed by atoms with Crippen LogP contribution in [0.2, 0.25) is 0 Å². The summed E-state index contributed by atoms with van der Waals surface area (Å²) in [6.45, 7) is 2.47. The summed E-state index contributed by atoms with van der Waals surface area (Å²) < 4.78 is 8.63. The van der Waals surface area contributed by atoms with Crippen LogP contribution in [0.25, 0.3) is 0 Å². The average Bonchev–Trinajstić information content (AvgIpc) is 2.70. The molecule has 0 amide bonds. The number of nitrogens with two attached hydrogens (primary N) is 1. The quantitative estimate of drug-likeness (QED) is 0.624. The van der Waals surface area contributed by atoms with E-state index < -0.39 is 0 Å². The Kier molecular flexibility index (Phi) is 5.17. The number of hydrogen-bond donors (Lipinski definition) is 2. The molecule has 6 heteroatoms. The van der Waals surface area contributed by atoms with Gasteiger partial charge in [0.1, 0.15) is 12.4 Å². The number of para-hydroxylation sites is 1. The van der Waals surface area contributed by atoms with E-state index in [-0.39, 0.29) is 6.04 Å². The molecule has 0 bridgehead atoms. The predicted molar refractivity (Wildman–Crippen MR) is 82.4 cm³/mol. The monoisotopic (exact) mass is 338 g/mol. The first kappa shape index (κ1) is 15.0. The summed E-state index contributed by atoms with van der Waals surface area (Å²) in [4.78, 5) is 0. The second kappa shape index (κ2) is 6.88. The van der Waals surface area contributed by atoms with Crippen molar-refractivity contribution >= 4 is 15.9 Å². The summed E-state index contributed by atoms with van der Waals surface area (Å²) in [5.41, 5.74) is 4.87. The van der Waals surface area contributed by atoms with Gasteiger partial charge in [0.2, 0.25) is 0 Å². The summed E-state index contributed by atoms with van der Waals surface area (Å²) >= 11 is 3.56. The Balaban J connectivity index is 1.99. The zero-order valence-electron chi connectivity index (χ0n) is 11.6. The largest absolute Gasteiger partial charge is 0.492 e. The molecule has 2 aromatic rings. The van der Waals surface area contributed by atoms with Crippen molar-refractivity contribution in [2.45, 2.75) is 19.4 Å². The minimum absolute atomic E-state index is 0.0151. The molecule has 1 unspecified atom stereocenters. The minimum Gasteiger partial charge on any atom is -0.492 e. The molecule has 1 heterocycles. The number of halogens is 1. The molecule has 0 saturated carbocycles. The van der Waals surface area contributed by atoms with E-state index in [4.69, 9.17) is 10.6 Å². The van der Waals surface area contributed by atoms with E-state index in [9.17, 15) is 0 Å². The molecule has 108 valence electrons. The van der Waals surface area contributed by atoms with Crippen LogP contribution in [0.4, 0.5) is 0 Å². The van der Waals surface area contributed by atoms with Crippen molar-refractivity contribution in [1.82, 2.24) is 15.2 Å². The summed E-state index contributed by atoms with van der Waals surface area (Å²) in [7, 11) is 1.93. The highest BCUT2D eigenvalue weighted by Crippen LogP contribution is 2.21. The van der Waals surface area contributed by atoms with Gasteiger partial charge in [-0.2, -0.15) is 5.10 Å². The highest BCUT2D eigenvalue weighted by molar-refractivity contribution is 9.10. The first-order chi connectivity index (χ1) is 9.61. The van der Waals surface area contributed by atoms with Gasteiger partial charge in [-0.25, -0.2) is 0 Å². The Labute approximate surface area is 127 Å². The van der Waals surface area contributed by atoms with Gasteiger partial charge >= 0.3 is 0 Å². The van der Waals surface area contributed by atoms with Crippen LogP contribution in [0.15, 0.2) is 34.8 Å². The Morgan fingerprint density at radius 1 is 1.40 bits per heavy atom. The fourth-order valence-corrected chi connectivity index (χ4v) is 2.51. The fraction of sp³-hybridized carbons (Fsp3) is 0.357. The van der Waals surface area contributed by atoms with Crippen molar-refractivity contribution in [3.05, 3.63) is 46.2 Å². The molecule has 2 rings (SSSR count). The van der Waals surface area contributed by atoms with Crippen molar-refractivity contribution in [2.24, 2.45) is 12.9 Å². The van der Waals surface area contributed by atoms with Gasteiger partial charge in [-0.05, 0) is 35.0 Å². The lowest BCUT2D eigenvalue weighted by atomic mass is 10.1. The molecule has 1 aromatic heterocycles. The average molecular weight is 339 g/mol. The first-order valence-corrected chi connectivity index (χ1v) is 7.23. The third-order valence-electron chi connectivity index (χ3n) is 3.13. The lowest BCUT2D eigenvalue weighted by Gasteiger charge is -2.17. The Bertz CT molecular complexity index is 556. The zero-order valence-corrected chi connectivity index (χ0v) is 13.2. The lowest BCUT2D eigenvalue weighted by molar-refractivity contribution is 0.262. The molecule has 5 nitrogen and oxygen atoms in total. The number of nitrogens with one attached hydrogen (secondary N) is 1. The second-order valence-electron chi connectivity index (χ2n) is 4.66. The smallest absolute Gasteiger partial charge is 0.119 e. The topological polar surface area (TPSA) is 65.1 Å². The van der Waals surface area contributed by atoms with Crippen molar-refractivity contribution < 1.29 is 4.74 Å². The van der Waals surface area contributed by atoms with Gasteiger partial charge < -0.3 is 4.74 Å². The van der Waals surface area contributed by atoms with E-state index in [0.717, 1.165) is 28.0 Å². The first-order valence-electron chi connectivity index (χ1n) is 6.43. The normalized spacial score (nSPS) is 12.4. The number of benzene rings is 1. The summed E-state index contributed by atoms with van der Waals surface area (Å²) in [5, 5.41) is 4.38. The third-order valence-corrected chi connectivity index (χ3v) is 4.16. The number of ether oxygens (including phenoxy) is 1. The molecule has 20 heavy (non-hydrogen) atoms. The molecule has 0 fully saturated rings. The molecule has 1 atom stereocenters. The van der Waals surface area contributed by atoms with Crippen molar-refractivity contribution in [3.8, 4) is 5.75 Å². The molecular weight excluding hydrogens is 320 g/mol. The number of hydrogen-bond acceptors (Lipinski definition) is 4. The summed E-state index contributed by atoms with van der Waals surface area (Å²) in [6, 6.07) is 9.72. The maximum absolute atomic E-state index is 5.73. The molecule has 1 aromatic carbocycles. The van der Waals surface area contributed by atoms with Gasteiger partial charge in [-0.1, -0.05) is 18.2 Å². The second-order valence-corrected chi connectivity index (χ2v) is 5.45. The van der Waals surface area contributed by atoms with Crippen LogP contribution in [0.3, 0.4) is 0 Å². The number of rotatable bonds is 6. The maximum atomic E-state index is 5.73. The van der Waals surface area contributed by atoms with Gasteiger partial charge in [0.25, 0.3) is 0 Å². The van der Waals surface area contributed by atoms with Gasteiger partial charge in [0.15, 0.2) is 0 Å². The predicted octanol–water partition coefficient (Wildman–Crippen LogP) is 1.94. The Hall–Kier alpha value is -1.37. The van der Waals surface area contributed by atoms with Crippen LogP contribution in [-0.2, 0) is 13.5 Å². The van der Waals surface area contributed by atoms with Crippen LogP contribution >= 0.6 is 15.9 Å². The van der Waals surface area contributed by atoms with Gasteiger partial charge in [-0.15, -0.1) is 0 Å². The van der Waals surface area contributed by atoms with Crippen molar-refractivity contribution in [1.29, 1.82) is 0 Å². The van der Waals surface area contributed by atoms with E-state index in [1.54, 1.807) is 0 Å². The molecule has 3 N–H and O–H groups in total. The van der Waals surface area contributed by atoms with E-state index in [1.165, 1.54) is 0 Å². The maximum Gasteiger partial charge on any atom is 0.119 e. The Morgan fingerprint density at radius 3 is 2.65 bits per heavy atom. The van der Waals surface area contributed by atoms with Crippen molar-refractivity contribution in [2.75, 3.05) is 6.61 Å². The third kappa shape index (κ3) is 3.59. The molecule has 0 aliphatic carbocycles. The number of hydrazine groups is 1. The van der Waals surface area contributed by atoms with E-state index >= 15 is 0 Å². The standard InChI is InChI=1S/C14H19BrN4O/c1-10-14(15)13(19(2)18-10)8-11(17-16)9-20-12-6-4-3-5-7-12/h3-7,11,17H,8-9,16H2,1-2H3. The van der Waals surface area contributed by atoms with Crippen LogP contribution in [0, 0.1) is 6.92 Å². The summed E-state index contributed by atoms with van der Waals surface area (Å²) in [6.07, 6.45) is 0.737. The minimum atomic E-state index is 0.0151.